The molecule has 1 atom stereocenters. The molecule has 11 heteroatoms. The molecule has 3 aromatic heterocycles. The van der Waals surface area contributed by atoms with Crippen LogP contribution in [0.25, 0.3) is 27.6 Å². The molecule has 5 rings (SSSR count). The Labute approximate surface area is 189 Å². The minimum Gasteiger partial charge on any atom is -0.508 e. The third kappa shape index (κ3) is 4.06. The van der Waals surface area contributed by atoms with Gasteiger partial charge < -0.3 is 10.4 Å². The van der Waals surface area contributed by atoms with E-state index in [1.165, 1.54) is 21.9 Å². The minimum atomic E-state index is -3.23. The number of nitrogens with zero attached hydrogens (tertiary/aromatic N) is 5. The lowest BCUT2D eigenvalue weighted by Gasteiger charge is -2.31. The van der Waals surface area contributed by atoms with Crippen molar-refractivity contribution in [1.82, 2.24) is 23.7 Å². The Hall–Kier alpha value is -3.02. The number of hydrogen-bond donors (Lipinski definition) is 2. The molecule has 0 unspecified atom stereocenters. The predicted molar refractivity (Wildman–Crippen MR) is 124 cm³/mol. The molecule has 0 aliphatic carbocycles. The van der Waals surface area contributed by atoms with Gasteiger partial charge in [-0.3, -0.25) is 4.40 Å². The lowest BCUT2D eigenvalue weighted by Crippen LogP contribution is -2.44. The second-order valence-electron chi connectivity index (χ2n) is 7.78. The van der Waals surface area contributed by atoms with Crippen LogP contribution in [0.4, 0.5) is 5.95 Å². The van der Waals surface area contributed by atoms with Crippen molar-refractivity contribution in [2.75, 3.05) is 24.7 Å². The fraction of sp³-hybridized carbons (Fsp3) is 0.286. The summed E-state index contributed by atoms with van der Waals surface area (Å²) in [4.78, 5) is 14.7. The van der Waals surface area contributed by atoms with Gasteiger partial charge in [0.25, 0.3) is 0 Å². The number of phenolic OH excluding ortho intramolecular Hbond substituents is 1. The van der Waals surface area contributed by atoms with E-state index in [1.54, 1.807) is 24.4 Å². The van der Waals surface area contributed by atoms with Crippen LogP contribution in [-0.4, -0.2) is 62.6 Å². The second-order valence-corrected chi connectivity index (χ2v) is 10.6. The zero-order valence-electron chi connectivity index (χ0n) is 17.3. The number of aromatic nitrogens is 4. The number of aromatic hydroxyl groups is 1. The number of rotatable bonds is 5. The first kappa shape index (κ1) is 20.9. The number of fused-ring (bicyclic) bond motifs is 1. The molecule has 1 saturated heterocycles. The molecule has 0 radical (unpaired) electrons. The Bertz CT molecular complexity index is 1380. The molecule has 0 bridgehead atoms. The van der Waals surface area contributed by atoms with Crippen LogP contribution in [0, 0.1) is 0 Å². The van der Waals surface area contributed by atoms with Gasteiger partial charge in [-0.2, -0.15) is 0 Å². The second kappa shape index (κ2) is 8.15. The van der Waals surface area contributed by atoms with Crippen molar-refractivity contribution in [2.45, 2.75) is 18.9 Å². The van der Waals surface area contributed by atoms with Gasteiger partial charge in [0.05, 0.1) is 17.6 Å². The van der Waals surface area contributed by atoms with Gasteiger partial charge in [-0.25, -0.2) is 27.7 Å². The maximum atomic E-state index is 11.9. The highest BCUT2D eigenvalue weighted by Gasteiger charge is 2.26. The average Bonchev–Trinajstić information content (AvgIpc) is 3.35. The lowest BCUT2D eigenvalue weighted by molar-refractivity contribution is 0.328. The van der Waals surface area contributed by atoms with Crippen LogP contribution in [0.5, 0.6) is 5.75 Å². The predicted octanol–water partition coefficient (Wildman–Crippen LogP) is 3.06. The Morgan fingerprint density at radius 3 is 2.94 bits per heavy atom. The summed E-state index contributed by atoms with van der Waals surface area (Å²) in [5.74, 6) is 0.609. The van der Waals surface area contributed by atoms with Crippen LogP contribution >= 0.6 is 11.3 Å². The highest BCUT2D eigenvalue weighted by atomic mass is 32.2. The number of sulfonamides is 1. The lowest BCUT2D eigenvalue weighted by atomic mass is 10.1. The van der Waals surface area contributed by atoms with E-state index in [-0.39, 0.29) is 11.8 Å². The fourth-order valence-electron chi connectivity index (χ4n) is 3.99. The van der Waals surface area contributed by atoms with Crippen molar-refractivity contribution < 1.29 is 13.5 Å². The summed E-state index contributed by atoms with van der Waals surface area (Å²) in [5, 5.41) is 15.2. The molecule has 1 aliphatic heterocycles. The summed E-state index contributed by atoms with van der Waals surface area (Å²) < 4.78 is 27.3. The van der Waals surface area contributed by atoms with E-state index in [0.29, 0.717) is 24.7 Å². The van der Waals surface area contributed by atoms with Crippen molar-refractivity contribution in [1.29, 1.82) is 0 Å². The van der Waals surface area contributed by atoms with E-state index in [4.69, 9.17) is 9.97 Å². The standard InChI is InChI=1S/C21H22N6O3S2/c1-32(29,30)26-9-3-5-15(13-26)23-20-22-8-7-17(24-20)19-18(14-4-2-6-16(28)12-14)25-21-27(19)10-11-31-21/h2,4,6-8,10-12,15,28H,3,5,9,13H2,1H3,(H,22,23,24)/t15-/m1/s1. The molecule has 0 amide bonds. The zero-order chi connectivity index (χ0) is 22.3. The van der Waals surface area contributed by atoms with E-state index in [0.717, 1.165) is 34.8 Å². The van der Waals surface area contributed by atoms with Crippen LogP contribution in [0.1, 0.15) is 12.8 Å². The zero-order valence-corrected chi connectivity index (χ0v) is 19.0. The van der Waals surface area contributed by atoms with Gasteiger partial charge in [-0.05, 0) is 31.0 Å². The minimum absolute atomic E-state index is 0.0640. The van der Waals surface area contributed by atoms with Gasteiger partial charge in [0.15, 0.2) is 4.96 Å². The van der Waals surface area contributed by atoms with Crippen molar-refractivity contribution in [3.8, 4) is 28.4 Å². The summed E-state index contributed by atoms with van der Waals surface area (Å²) in [5.41, 5.74) is 3.00. The Kier molecular flexibility index (Phi) is 5.31. The maximum absolute atomic E-state index is 11.9. The SMILES string of the molecule is CS(=O)(=O)N1CCC[C@@H](Nc2nccc(-c3c(-c4cccc(O)c4)nc4sccn34)n2)C1. The molecule has 0 saturated carbocycles. The molecular weight excluding hydrogens is 448 g/mol. The maximum Gasteiger partial charge on any atom is 0.223 e. The number of imidazole rings is 1. The van der Waals surface area contributed by atoms with E-state index in [9.17, 15) is 13.5 Å². The summed E-state index contributed by atoms with van der Waals surface area (Å²) >= 11 is 1.52. The van der Waals surface area contributed by atoms with E-state index in [1.807, 2.05) is 28.1 Å². The van der Waals surface area contributed by atoms with Crippen molar-refractivity contribution in [3.63, 3.8) is 0 Å². The molecule has 4 aromatic rings. The highest BCUT2D eigenvalue weighted by molar-refractivity contribution is 7.88. The Morgan fingerprint density at radius 1 is 1.25 bits per heavy atom. The number of benzene rings is 1. The summed E-state index contributed by atoms with van der Waals surface area (Å²) in [6.45, 7) is 0.930. The van der Waals surface area contributed by atoms with Gasteiger partial charge in [-0.1, -0.05) is 12.1 Å². The number of piperidine rings is 1. The van der Waals surface area contributed by atoms with Crippen LogP contribution in [-0.2, 0) is 10.0 Å². The van der Waals surface area contributed by atoms with Crippen molar-refractivity contribution in [3.05, 3.63) is 48.1 Å². The van der Waals surface area contributed by atoms with Gasteiger partial charge in [0.2, 0.25) is 16.0 Å². The first-order valence-electron chi connectivity index (χ1n) is 10.2. The van der Waals surface area contributed by atoms with Crippen LogP contribution < -0.4 is 5.32 Å². The van der Waals surface area contributed by atoms with Crippen molar-refractivity contribution >= 4 is 32.3 Å². The molecule has 9 nitrogen and oxygen atoms in total. The van der Waals surface area contributed by atoms with E-state index >= 15 is 0 Å². The van der Waals surface area contributed by atoms with Gasteiger partial charge in [0, 0.05) is 42.5 Å². The number of anilines is 1. The number of nitrogens with one attached hydrogen (secondary N) is 1. The third-order valence-electron chi connectivity index (χ3n) is 5.47. The Morgan fingerprint density at radius 2 is 2.12 bits per heavy atom. The number of thiazole rings is 1. The normalized spacial score (nSPS) is 17.6. The van der Waals surface area contributed by atoms with Gasteiger partial charge in [0.1, 0.15) is 11.4 Å². The number of hydrogen-bond acceptors (Lipinski definition) is 8. The molecule has 166 valence electrons. The van der Waals surface area contributed by atoms with Gasteiger partial charge in [-0.15, -0.1) is 11.3 Å². The summed E-state index contributed by atoms with van der Waals surface area (Å²) in [7, 11) is -3.23. The molecule has 2 N–H and O–H groups in total. The van der Waals surface area contributed by atoms with Crippen LogP contribution in [0.15, 0.2) is 48.1 Å². The van der Waals surface area contributed by atoms with Crippen molar-refractivity contribution in [2.24, 2.45) is 0 Å². The first-order chi connectivity index (χ1) is 15.4. The molecule has 4 heterocycles. The fourth-order valence-corrected chi connectivity index (χ4v) is 5.61. The van der Waals surface area contributed by atoms with Crippen LogP contribution in [0.2, 0.25) is 0 Å². The average molecular weight is 471 g/mol. The van der Waals surface area contributed by atoms with Gasteiger partial charge >= 0.3 is 0 Å². The molecule has 1 aromatic carbocycles. The smallest absolute Gasteiger partial charge is 0.223 e. The van der Waals surface area contributed by atoms with Crippen LogP contribution in [0.3, 0.4) is 0 Å². The molecule has 0 spiro atoms. The summed E-state index contributed by atoms with van der Waals surface area (Å²) in [6, 6.07) is 8.74. The monoisotopic (exact) mass is 470 g/mol. The van der Waals surface area contributed by atoms with E-state index < -0.39 is 10.0 Å². The number of phenols is 1. The highest BCUT2D eigenvalue weighted by Crippen LogP contribution is 2.34. The summed E-state index contributed by atoms with van der Waals surface area (Å²) in [6.07, 6.45) is 6.48. The molecular formula is C21H22N6O3S2. The quantitative estimate of drug-likeness (QED) is 0.461. The first-order valence-corrected chi connectivity index (χ1v) is 12.9. The molecule has 32 heavy (non-hydrogen) atoms. The Balaban J connectivity index is 1.50. The van der Waals surface area contributed by atoms with E-state index in [2.05, 4.69) is 10.3 Å². The molecule has 1 fully saturated rings. The molecule has 1 aliphatic rings. The third-order valence-corrected chi connectivity index (χ3v) is 7.49. The topological polar surface area (TPSA) is 113 Å². The largest absolute Gasteiger partial charge is 0.508 e.